The Morgan fingerprint density at radius 1 is 1.20 bits per heavy atom. The van der Waals surface area contributed by atoms with Crippen LogP contribution in [0.2, 0.25) is 0 Å². The number of aliphatic hydroxyl groups is 2. The fraction of sp³-hybridized carbons (Fsp3) is 1.00. The quantitative estimate of drug-likeness (QED) is 0.339. The molecule has 0 saturated heterocycles. The summed E-state index contributed by atoms with van der Waals surface area (Å²) in [5, 5.41) is 14.9. The third-order valence-electron chi connectivity index (χ3n) is 0.829. The fourth-order valence-corrected chi connectivity index (χ4v) is 0.623. The second-order valence-corrected chi connectivity index (χ2v) is 3.20. The molecule has 0 aliphatic rings. The van der Waals surface area contributed by atoms with Crippen LogP contribution in [-0.2, 0) is 10.1 Å². The maximum atomic E-state index is 10.0. The van der Waals surface area contributed by atoms with Gasteiger partial charge in [0.25, 0.3) is 10.1 Å². The summed E-state index contributed by atoms with van der Waals surface area (Å²) in [5.74, 6) is 0. The third kappa shape index (κ3) is 4.62. The van der Waals surface area contributed by atoms with Gasteiger partial charge in [0.1, 0.15) is 5.25 Å². The van der Waals surface area contributed by atoms with Crippen molar-refractivity contribution in [3.05, 3.63) is 0 Å². The molecule has 0 aliphatic carbocycles. The van der Waals surface area contributed by atoms with Gasteiger partial charge in [-0.2, -0.15) is 8.42 Å². The zero-order valence-corrected chi connectivity index (χ0v) is 8.37. The molecule has 0 aromatic carbocycles. The van der Waals surface area contributed by atoms with E-state index < -0.39 is 28.6 Å². The Bertz CT molecular complexity index is 160. The van der Waals surface area contributed by atoms with Crippen molar-refractivity contribution >= 4 is 39.7 Å². The van der Waals surface area contributed by atoms with E-state index in [1.54, 1.807) is 0 Å². The molecule has 7 heteroatoms. The van der Waals surface area contributed by atoms with Gasteiger partial charge in [-0.15, -0.1) is 0 Å². The van der Waals surface area contributed by atoms with Gasteiger partial charge >= 0.3 is 0 Å². The van der Waals surface area contributed by atoms with Crippen LogP contribution in [0.5, 0.6) is 0 Å². The van der Waals surface area contributed by atoms with Crippen molar-refractivity contribution in [3.63, 3.8) is 0 Å². The molecule has 0 spiro atoms. The molecule has 0 aromatic heterocycles. The first-order valence-corrected chi connectivity index (χ1v) is 3.70. The van der Waals surface area contributed by atoms with E-state index in [0.29, 0.717) is 0 Å². The predicted molar refractivity (Wildman–Crippen MR) is 35.3 cm³/mol. The van der Waals surface area contributed by atoms with Crippen LogP contribution in [0, 0.1) is 0 Å². The molecule has 5 nitrogen and oxygen atoms in total. The summed E-state index contributed by atoms with van der Waals surface area (Å²) in [6, 6.07) is 0. The Kier molecular flexibility index (Phi) is 7.35. The van der Waals surface area contributed by atoms with Crippen LogP contribution in [0.3, 0.4) is 0 Å². The molecule has 0 rings (SSSR count). The van der Waals surface area contributed by atoms with Crippen molar-refractivity contribution in [2.45, 2.75) is 5.25 Å². The molecule has 3 N–H and O–H groups in total. The van der Waals surface area contributed by atoms with Gasteiger partial charge in [0, 0.05) is 29.6 Å². The number of hydrogen-bond donors (Lipinski definition) is 3. The second kappa shape index (κ2) is 5.48. The Labute approximate surface area is 81.1 Å². The van der Waals surface area contributed by atoms with E-state index >= 15 is 0 Å². The number of hydrogen-bond acceptors (Lipinski definition) is 4. The molecule has 1 radical (unpaired) electrons. The molecular formula is C3H8NaO5S. The average molecular weight is 179 g/mol. The van der Waals surface area contributed by atoms with Gasteiger partial charge in [-0.1, -0.05) is 0 Å². The molecule has 0 heterocycles. The van der Waals surface area contributed by atoms with E-state index in [4.69, 9.17) is 14.8 Å². The van der Waals surface area contributed by atoms with E-state index in [0.717, 1.165) is 0 Å². The minimum Gasteiger partial charge on any atom is -0.395 e. The van der Waals surface area contributed by atoms with Gasteiger partial charge in [-0.25, -0.2) is 0 Å². The van der Waals surface area contributed by atoms with Crippen molar-refractivity contribution in [1.82, 2.24) is 0 Å². The second-order valence-electron chi connectivity index (χ2n) is 1.50. The summed E-state index contributed by atoms with van der Waals surface area (Å²) in [7, 11) is -4.27. The predicted octanol–water partition coefficient (Wildman–Crippen LogP) is -2.15. The van der Waals surface area contributed by atoms with Crippen molar-refractivity contribution in [1.29, 1.82) is 0 Å². The van der Waals surface area contributed by atoms with E-state index in [9.17, 15) is 8.42 Å². The Balaban J connectivity index is 0. The minimum absolute atomic E-state index is 0. The molecule has 0 unspecified atom stereocenters. The van der Waals surface area contributed by atoms with Crippen LogP contribution >= 0.6 is 0 Å². The minimum atomic E-state index is -4.27. The first kappa shape index (κ1) is 13.4. The molecule has 0 aromatic rings. The van der Waals surface area contributed by atoms with Crippen molar-refractivity contribution in [3.8, 4) is 0 Å². The SMILES string of the molecule is O=S(=O)(O)C(CO)CO.[Na]. The smallest absolute Gasteiger partial charge is 0.272 e. The van der Waals surface area contributed by atoms with E-state index in [1.807, 2.05) is 0 Å². The maximum absolute atomic E-state index is 10.0. The summed E-state index contributed by atoms with van der Waals surface area (Å²) in [4.78, 5) is 0. The summed E-state index contributed by atoms with van der Waals surface area (Å²) in [5.41, 5.74) is 0. The van der Waals surface area contributed by atoms with Crippen molar-refractivity contribution < 1.29 is 23.2 Å². The molecule has 0 saturated carbocycles. The zero-order valence-electron chi connectivity index (χ0n) is 5.56. The Morgan fingerprint density at radius 3 is 1.50 bits per heavy atom. The summed E-state index contributed by atoms with van der Waals surface area (Å²) in [6.45, 7) is -1.54. The molecule has 0 amide bonds. The van der Waals surface area contributed by atoms with Gasteiger partial charge in [0.05, 0.1) is 13.2 Å². The monoisotopic (exact) mass is 179 g/mol. The van der Waals surface area contributed by atoms with E-state index in [2.05, 4.69) is 0 Å². The van der Waals surface area contributed by atoms with E-state index in [1.165, 1.54) is 0 Å². The van der Waals surface area contributed by atoms with Gasteiger partial charge in [-0.05, 0) is 0 Å². The Hall–Kier alpha value is 0.830. The summed E-state index contributed by atoms with van der Waals surface area (Å²) >= 11 is 0. The van der Waals surface area contributed by atoms with E-state index in [-0.39, 0.29) is 29.6 Å². The topological polar surface area (TPSA) is 94.8 Å². The van der Waals surface area contributed by atoms with Crippen LogP contribution in [0.1, 0.15) is 0 Å². The zero-order chi connectivity index (χ0) is 7.49. The van der Waals surface area contributed by atoms with Crippen LogP contribution < -0.4 is 0 Å². The third-order valence-corrected chi connectivity index (χ3v) is 1.97. The largest absolute Gasteiger partial charge is 0.395 e. The molecule has 10 heavy (non-hydrogen) atoms. The number of rotatable bonds is 3. The van der Waals surface area contributed by atoms with Gasteiger partial charge in [-0.3, -0.25) is 4.55 Å². The first-order valence-electron chi connectivity index (χ1n) is 2.20. The van der Waals surface area contributed by atoms with Crippen LogP contribution in [0.15, 0.2) is 0 Å². The molecule has 57 valence electrons. The summed E-state index contributed by atoms with van der Waals surface area (Å²) < 4.78 is 28.2. The molecule has 0 bridgehead atoms. The van der Waals surface area contributed by atoms with Crippen LogP contribution in [0.4, 0.5) is 0 Å². The molecule has 0 aliphatic heterocycles. The molecular weight excluding hydrogens is 171 g/mol. The average Bonchev–Trinajstić information content (AvgIpc) is 1.65. The van der Waals surface area contributed by atoms with Gasteiger partial charge in [0.2, 0.25) is 0 Å². The van der Waals surface area contributed by atoms with Gasteiger partial charge < -0.3 is 10.2 Å². The normalized spacial score (nSPS) is 11.2. The first-order chi connectivity index (χ1) is 4.02. The van der Waals surface area contributed by atoms with Gasteiger partial charge in [0.15, 0.2) is 0 Å². The maximum Gasteiger partial charge on any atom is 0.272 e. The summed E-state index contributed by atoms with van der Waals surface area (Å²) in [6.07, 6.45) is 0. The fourth-order valence-electron chi connectivity index (χ4n) is 0.246. The van der Waals surface area contributed by atoms with Crippen molar-refractivity contribution in [2.75, 3.05) is 13.2 Å². The van der Waals surface area contributed by atoms with Crippen molar-refractivity contribution in [2.24, 2.45) is 0 Å². The number of aliphatic hydroxyl groups excluding tert-OH is 2. The molecule has 0 atom stereocenters. The standard InChI is InChI=1S/C3H8O5S.Na/c4-1-3(2-5)9(6,7)8;/h3-5H,1-2H2,(H,6,7,8);. The van der Waals surface area contributed by atoms with Crippen LogP contribution in [-0.4, -0.2) is 71.2 Å². The van der Waals surface area contributed by atoms with Crippen LogP contribution in [0.25, 0.3) is 0 Å². The molecule has 0 fully saturated rings. The Morgan fingerprint density at radius 2 is 1.50 bits per heavy atom.